The van der Waals surface area contributed by atoms with Crippen molar-refractivity contribution in [2.75, 3.05) is 20.3 Å². The van der Waals surface area contributed by atoms with Crippen molar-refractivity contribution in [3.63, 3.8) is 0 Å². The molecule has 1 aromatic rings. The second kappa shape index (κ2) is 6.13. The number of hydrogen-bond acceptors (Lipinski definition) is 4. The molecule has 0 unspecified atom stereocenters. The number of nitro groups is 1. The van der Waals surface area contributed by atoms with Crippen LogP contribution in [0, 0.1) is 21.7 Å². The molecule has 1 aliphatic carbocycles. The highest BCUT2D eigenvalue weighted by Gasteiger charge is 2.35. The molecule has 0 N–H and O–H groups in total. The molecule has 1 saturated carbocycles. The summed E-state index contributed by atoms with van der Waals surface area (Å²) in [6.45, 7) is 0.477. The summed E-state index contributed by atoms with van der Waals surface area (Å²) >= 11 is 0. The van der Waals surface area contributed by atoms with E-state index >= 15 is 0 Å². The molecular weight excluding hydrogens is 286 g/mol. The van der Waals surface area contributed by atoms with Gasteiger partial charge in [-0.1, -0.05) is 0 Å². The topological polar surface area (TPSA) is 72.7 Å². The molecule has 1 aliphatic rings. The van der Waals surface area contributed by atoms with Gasteiger partial charge in [-0.25, -0.2) is 4.39 Å². The van der Waals surface area contributed by atoms with Crippen molar-refractivity contribution in [2.24, 2.45) is 0 Å². The van der Waals surface area contributed by atoms with E-state index in [0.29, 0.717) is 12.1 Å². The zero-order valence-electron chi connectivity index (χ0n) is 11.3. The Labute approximate surface area is 119 Å². The third-order valence-electron chi connectivity index (χ3n) is 3.23. The molecule has 6 nitrogen and oxygen atoms in total. The molecule has 0 aromatic heterocycles. The van der Waals surface area contributed by atoms with Crippen molar-refractivity contribution in [1.29, 1.82) is 0 Å². The van der Waals surface area contributed by atoms with E-state index in [1.54, 1.807) is 0 Å². The molecule has 2 rings (SSSR count). The van der Waals surface area contributed by atoms with Crippen molar-refractivity contribution >= 4 is 11.6 Å². The molecule has 21 heavy (non-hydrogen) atoms. The van der Waals surface area contributed by atoms with Crippen LogP contribution in [0.15, 0.2) is 12.1 Å². The van der Waals surface area contributed by atoms with E-state index < -0.39 is 33.7 Å². The first-order valence-corrected chi connectivity index (χ1v) is 6.39. The van der Waals surface area contributed by atoms with Gasteiger partial charge in [0.25, 0.3) is 5.91 Å². The number of halogens is 2. The zero-order chi connectivity index (χ0) is 15.6. The smallest absolute Gasteiger partial charge is 0.308 e. The van der Waals surface area contributed by atoms with Crippen LogP contribution in [0.3, 0.4) is 0 Å². The lowest BCUT2D eigenvalue weighted by molar-refractivity contribution is -0.387. The second-order valence-electron chi connectivity index (χ2n) is 4.77. The van der Waals surface area contributed by atoms with Gasteiger partial charge in [0.15, 0.2) is 0 Å². The van der Waals surface area contributed by atoms with E-state index in [1.807, 2.05) is 0 Å². The monoisotopic (exact) mass is 300 g/mol. The summed E-state index contributed by atoms with van der Waals surface area (Å²) in [5.74, 6) is -3.09. The number of amides is 1. The third kappa shape index (κ3) is 3.33. The van der Waals surface area contributed by atoms with Crippen molar-refractivity contribution in [3.05, 3.63) is 39.4 Å². The summed E-state index contributed by atoms with van der Waals surface area (Å²) in [6, 6.07) is 1.10. The molecule has 0 atom stereocenters. The second-order valence-corrected chi connectivity index (χ2v) is 4.77. The first-order chi connectivity index (χ1) is 9.95. The minimum Gasteiger partial charge on any atom is -0.383 e. The number of ether oxygens (including phenoxy) is 1. The Bertz CT molecular complexity index is 576. The van der Waals surface area contributed by atoms with E-state index in [4.69, 9.17) is 4.74 Å². The van der Waals surface area contributed by atoms with Crippen LogP contribution in [0.2, 0.25) is 0 Å². The van der Waals surface area contributed by atoms with E-state index in [9.17, 15) is 23.7 Å². The highest BCUT2D eigenvalue weighted by atomic mass is 19.1. The van der Waals surface area contributed by atoms with Gasteiger partial charge in [-0.3, -0.25) is 14.9 Å². The number of nitro benzene ring substituents is 1. The zero-order valence-corrected chi connectivity index (χ0v) is 11.3. The fraction of sp³-hybridized carbons (Fsp3) is 0.462. The van der Waals surface area contributed by atoms with E-state index in [1.165, 1.54) is 12.0 Å². The normalized spacial score (nSPS) is 14.0. The van der Waals surface area contributed by atoms with Gasteiger partial charge in [-0.05, 0) is 18.9 Å². The Morgan fingerprint density at radius 1 is 1.48 bits per heavy atom. The molecule has 1 fully saturated rings. The Morgan fingerprint density at radius 3 is 2.67 bits per heavy atom. The third-order valence-corrected chi connectivity index (χ3v) is 3.23. The first-order valence-electron chi connectivity index (χ1n) is 6.39. The summed E-state index contributed by atoms with van der Waals surface area (Å²) in [7, 11) is 1.46. The fourth-order valence-corrected chi connectivity index (χ4v) is 2.04. The molecule has 0 radical (unpaired) electrons. The minimum absolute atomic E-state index is 0.0469. The molecule has 0 bridgehead atoms. The number of nitrogens with zero attached hydrogens (tertiary/aromatic N) is 2. The molecule has 8 heteroatoms. The number of carbonyl (C=O) groups is 1. The van der Waals surface area contributed by atoms with E-state index in [2.05, 4.69) is 0 Å². The largest absolute Gasteiger partial charge is 0.383 e. The average molecular weight is 300 g/mol. The van der Waals surface area contributed by atoms with Crippen LogP contribution in [0.4, 0.5) is 14.5 Å². The Balaban J connectivity index is 2.35. The number of benzene rings is 1. The average Bonchev–Trinajstić information content (AvgIpc) is 3.25. The van der Waals surface area contributed by atoms with Gasteiger partial charge in [-0.15, -0.1) is 0 Å². The van der Waals surface area contributed by atoms with Gasteiger partial charge in [0.05, 0.1) is 23.2 Å². The number of methoxy groups -OCH3 is 1. The van der Waals surface area contributed by atoms with Crippen LogP contribution in [0.1, 0.15) is 23.2 Å². The van der Waals surface area contributed by atoms with Gasteiger partial charge < -0.3 is 9.64 Å². The Kier molecular flexibility index (Phi) is 4.46. The summed E-state index contributed by atoms with van der Waals surface area (Å²) < 4.78 is 32.3. The first kappa shape index (κ1) is 15.3. The van der Waals surface area contributed by atoms with E-state index in [0.717, 1.165) is 12.8 Å². The number of hydrogen-bond donors (Lipinski definition) is 0. The molecule has 0 spiro atoms. The number of rotatable bonds is 6. The van der Waals surface area contributed by atoms with Crippen LogP contribution in [-0.4, -0.2) is 42.0 Å². The van der Waals surface area contributed by atoms with Crippen LogP contribution >= 0.6 is 0 Å². The molecule has 0 heterocycles. The Hall–Kier alpha value is -2.09. The van der Waals surface area contributed by atoms with E-state index in [-0.39, 0.29) is 19.2 Å². The maximum Gasteiger partial charge on any atom is 0.308 e. The fourth-order valence-electron chi connectivity index (χ4n) is 2.04. The highest BCUT2D eigenvalue weighted by molar-refractivity contribution is 5.95. The minimum atomic E-state index is -1.31. The van der Waals surface area contributed by atoms with Gasteiger partial charge in [0.1, 0.15) is 5.82 Å². The maximum atomic E-state index is 14.0. The predicted octanol–water partition coefficient (Wildman–Crippen LogP) is 2.12. The van der Waals surface area contributed by atoms with Crippen LogP contribution < -0.4 is 0 Å². The van der Waals surface area contributed by atoms with Crippen molar-refractivity contribution in [2.45, 2.75) is 18.9 Å². The molecule has 0 aliphatic heterocycles. The Morgan fingerprint density at radius 2 is 2.14 bits per heavy atom. The lowest BCUT2D eigenvalue weighted by Gasteiger charge is -2.22. The van der Waals surface area contributed by atoms with Gasteiger partial charge in [-0.2, -0.15) is 4.39 Å². The van der Waals surface area contributed by atoms with Crippen molar-refractivity contribution in [3.8, 4) is 0 Å². The summed E-state index contributed by atoms with van der Waals surface area (Å²) in [4.78, 5) is 23.3. The lowest BCUT2D eigenvalue weighted by Crippen LogP contribution is -2.36. The predicted molar refractivity (Wildman–Crippen MR) is 68.9 cm³/mol. The number of carbonyl (C=O) groups excluding carboxylic acids is 1. The lowest BCUT2D eigenvalue weighted by atomic mass is 10.1. The summed E-state index contributed by atoms with van der Waals surface area (Å²) in [5.41, 5.74) is -1.66. The quantitative estimate of drug-likeness (QED) is 0.596. The molecule has 0 saturated heterocycles. The highest BCUT2D eigenvalue weighted by Crippen LogP contribution is 2.30. The summed E-state index contributed by atoms with van der Waals surface area (Å²) in [5, 5.41) is 10.7. The maximum absolute atomic E-state index is 14.0. The van der Waals surface area contributed by atoms with Crippen LogP contribution in [0.5, 0.6) is 0 Å². The van der Waals surface area contributed by atoms with Gasteiger partial charge in [0.2, 0.25) is 5.82 Å². The SMILES string of the molecule is COCCN(C(=O)c1cc(F)cc([N+](=O)[O-])c1F)C1CC1. The van der Waals surface area contributed by atoms with Crippen LogP contribution in [0.25, 0.3) is 0 Å². The van der Waals surface area contributed by atoms with Gasteiger partial charge >= 0.3 is 5.69 Å². The van der Waals surface area contributed by atoms with Crippen LogP contribution in [-0.2, 0) is 4.74 Å². The van der Waals surface area contributed by atoms with Gasteiger partial charge in [0, 0.05) is 19.7 Å². The van der Waals surface area contributed by atoms with Crippen molar-refractivity contribution in [1.82, 2.24) is 4.90 Å². The standard InChI is InChI=1S/C13H14F2N2O4/c1-21-5-4-16(9-2-3-9)13(18)10-6-8(14)7-11(12(10)15)17(19)20/h6-7,9H,2-5H2,1H3. The van der Waals surface area contributed by atoms with Crippen molar-refractivity contribution < 1.29 is 23.2 Å². The summed E-state index contributed by atoms with van der Waals surface area (Å²) in [6.07, 6.45) is 1.54. The molecular formula is C13H14F2N2O4. The molecule has 1 aromatic carbocycles. The molecule has 114 valence electrons. The molecule has 1 amide bonds.